The standard InChI is InChI=1S/C21H29N3O2S/c1-4-17(2)18-9-11-19(12-10-18)27(25,26)22-20-7-5-6-8-21(20)24-15-13-23(3)14-16-24/h5-12,17,22H,4,13-16H2,1-3H3/p+1/t17-/m0/s1. The molecule has 1 fully saturated rings. The van der Waals surface area contributed by atoms with E-state index in [2.05, 4.69) is 30.5 Å². The lowest BCUT2D eigenvalue weighted by Crippen LogP contribution is -3.12. The number of hydrogen-bond acceptors (Lipinski definition) is 3. The molecular weight excluding hydrogens is 358 g/mol. The van der Waals surface area contributed by atoms with Crippen molar-refractivity contribution in [3.8, 4) is 0 Å². The zero-order valence-corrected chi connectivity index (χ0v) is 17.2. The van der Waals surface area contributed by atoms with Crippen molar-refractivity contribution < 1.29 is 13.3 Å². The Morgan fingerprint density at radius 3 is 2.33 bits per heavy atom. The molecule has 2 aromatic carbocycles. The van der Waals surface area contributed by atoms with E-state index in [4.69, 9.17) is 0 Å². The van der Waals surface area contributed by atoms with E-state index in [9.17, 15) is 8.42 Å². The number of para-hydroxylation sites is 2. The van der Waals surface area contributed by atoms with Gasteiger partial charge in [-0.3, -0.25) is 4.72 Å². The molecule has 0 unspecified atom stereocenters. The minimum absolute atomic E-state index is 0.298. The predicted molar refractivity (Wildman–Crippen MR) is 111 cm³/mol. The van der Waals surface area contributed by atoms with Crippen LogP contribution in [0.15, 0.2) is 53.4 Å². The van der Waals surface area contributed by atoms with Gasteiger partial charge in [-0.05, 0) is 42.2 Å². The Bertz CT molecular complexity index is 857. The highest BCUT2D eigenvalue weighted by atomic mass is 32.2. The molecule has 0 aromatic heterocycles. The van der Waals surface area contributed by atoms with Gasteiger partial charge in [0.1, 0.15) is 0 Å². The summed E-state index contributed by atoms with van der Waals surface area (Å²) < 4.78 is 28.6. The summed E-state index contributed by atoms with van der Waals surface area (Å²) in [6, 6.07) is 14.9. The third kappa shape index (κ3) is 4.62. The van der Waals surface area contributed by atoms with Crippen molar-refractivity contribution >= 4 is 21.4 Å². The average molecular weight is 389 g/mol. The molecule has 3 rings (SSSR count). The van der Waals surface area contributed by atoms with Crippen molar-refractivity contribution in [3.05, 3.63) is 54.1 Å². The number of benzene rings is 2. The Balaban J connectivity index is 1.82. The van der Waals surface area contributed by atoms with E-state index in [1.165, 1.54) is 4.90 Å². The Labute approximate surface area is 163 Å². The van der Waals surface area contributed by atoms with Crippen molar-refractivity contribution in [2.75, 3.05) is 42.8 Å². The molecule has 6 heteroatoms. The number of sulfonamides is 1. The Morgan fingerprint density at radius 2 is 1.70 bits per heavy atom. The summed E-state index contributed by atoms with van der Waals surface area (Å²) in [6.07, 6.45) is 1.03. The number of anilines is 2. The fourth-order valence-electron chi connectivity index (χ4n) is 3.38. The van der Waals surface area contributed by atoms with E-state index < -0.39 is 10.0 Å². The molecule has 27 heavy (non-hydrogen) atoms. The SMILES string of the molecule is CC[C@H](C)c1ccc(S(=O)(=O)Nc2ccccc2N2CC[NH+](C)CC2)cc1. The molecule has 0 spiro atoms. The molecule has 0 aliphatic carbocycles. The van der Waals surface area contributed by atoms with Crippen molar-refractivity contribution in [2.24, 2.45) is 0 Å². The molecule has 0 bridgehead atoms. The molecule has 1 aliphatic heterocycles. The normalized spacial score (nSPS) is 16.9. The van der Waals surface area contributed by atoms with Gasteiger partial charge in [0.15, 0.2) is 0 Å². The molecule has 1 atom stereocenters. The van der Waals surface area contributed by atoms with Crippen LogP contribution in [0.4, 0.5) is 11.4 Å². The van der Waals surface area contributed by atoms with Gasteiger partial charge < -0.3 is 9.80 Å². The third-order valence-corrected chi connectivity index (χ3v) is 6.86. The molecule has 146 valence electrons. The summed E-state index contributed by atoms with van der Waals surface area (Å²) in [5.74, 6) is 0.426. The minimum atomic E-state index is -3.62. The van der Waals surface area contributed by atoms with Crippen molar-refractivity contribution in [2.45, 2.75) is 31.1 Å². The molecule has 5 nitrogen and oxygen atoms in total. The van der Waals surface area contributed by atoms with Crippen LogP contribution in [-0.2, 0) is 10.0 Å². The van der Waals surface area contributed by atoms with Crippen LogP contribution in [0.3, 0.4) is 0 Å². The highest BCUT2D eigenvalue weighted by Crippen LogP contribution is 2.28. The zero-order chi connectivity index (χ0) is 19.4. The second-order valence-electron chi connectivity index (χ2n) is 7.45. The van der Waals surface area contributed by atoms with Crippen molar-refractivity contribution in [1.29, 1.82) is 0 Å². The first-order valence-corrected chi connectivity index (χ1v) is 11.2. The molecule has 1 saturated heterocycles. The van der Waals surface area contributed by atoms with Crippen LogP contribution < -0.4 is 14.5 Å². The van der Waals surface area contributed by atoms with E-state index in [1.807, 2.05) is 36.4 Å². The number of nitrogens with one attached hydrogen (secondary N) is 2. The number of rotatable bonds is 6. The maximum atomic E-state index is 12.9. The highest BCUT2D eigenvalue weighted by Gasteiger charge is 2.22. The van der Waals surface area contributed by atoms with Gasteiger partial charge in [-0.15, -0.1) is 0 Å². The first kappa shape index (κ1) is 19.7. The van der Waals surface area contributed by atoms with Crippen LogP contribution in [0.25, 0.3) is 0 Å². The summed E-state index contributed by atoms with van der Waals surface area (Å²) >= 11 is 0. The fourth-order valence-corrected chi connectivity index (χ4v) is 4.45. The van der Waals surface area contributed by atoms with Gasteiger partial charge in [-0.2, -0.15) is 0 Å². The third-order valence-electron chi connectivity index (χ3n) is 5.48. The Kier molecular flexibility index (Phi) is 6.07. The number of piperazine rings is 1. The average Bonchev–Trinajstić information content (AvgIpc) is 2.68. The molecular formula is C21H30N3O2S+. The van der Waals surface area contributed by atoms with E-state index in [0.717, 1.165) is 43.9 Å². The van der Waals surface area contributed by atoms with Gasteiger partial charge in [-0.25, -0.2) is 8.42 Å². The van der Waals surface area contributed by atoms with Crippen LogP contribution in [0, 0.1) is 0 Å². The van der Waals surface area contributed by atoms with Gasteiger partial charge in [0, 0.05) is 0 Å². The second-order valence-corrected chi connectivity index (χ2v) is 9.13. The molecule has 0 saturated carbocycles. The number of nitrogens with zero attached hydrogens (tertiary/aromatic N) is 1. The highest BCUT2D eigenvalue weighted by molar-refractivity contribution is 7.92. The number of quaternary nitrogens is 1. The molecule has 2 N–H and O–H groups in total. The summed E-state index contributed by atoms with van der Waals surface area (Å²) in [6.45, 7) is 8.24. The summed E-state index contributed by atoms with van der Waals surface area (Å²) in [5, 5.41) is 0. The molecule has 0 radical (unpaired) electrons. The Morgan fingerprint density at radius 1 is 1.07 bits per heavy atom. The monoisotopic (exact) mass is 388 g/mol. The lowest BCUT2D eigenvalue weighted by molar-refractivity contribution is -0.880. The van der Waals surface area contributed by atoms with Crippen LogP contribution in [0.1, 0.15) is 31.7 Å². The largest absolute Gasteiger partial charge is 0.359 e. The maximum absolute atomic E-state index is 12.9. The van der Waals surface area contributed by atoms with Gasteiger partial charge in [-0.1, -0.05) is 38.1 Å². The Hall–Kier alpha value is -2.05. The topological polar surface area (TPSA) is 53.9 Å². The van der Waals surface area contributed by atoms with Crippen LogP contribution in [0.2, 0.25) is 0 Å². The molecule has 2 aromatic rings. The van der Waals surface area contributed by atoms with Crippen LogP contribution in [-0.4, -0.2) is 41.6 Å². The van der Waals surface area contributed by atoms with Gasteiger partial charge in [0.25, 0.3) is 10.0 Å². The number of likely N-dealkylation sites (N-methyl/N-ethyl adjacent to an activating group) is 1. The predicted octanol–water partition coefficient (Wildman–Crippen LogP) is 2.34. The quantitative estimate of drug-likeness (QED) is 0.799. The maximum Gasteiger partial charge on any atom is 0.261 e. The van der Waals surface area contributed by atoms with Gasteiger partial charge >= 0.3 is 0 Å². The molecule has 1 heterocycles. The van der Waals surface area contributed by atoms with E-state index in [1.54, 1.807) is 12.1 Å². The first-order chi connectivity index (χ1) is 12.9. The zero-order valence-electron chi connectivity index (χ0n) is 16.4. The minimum Gasteiger partial charge on any atom is -0.359 e. The first-order valence-electron chi connectivity index (χ1n) is 9.68. The second kappa shape index (κ2) is 8.31. The van der Waals surface area contributed by atoms with E-state index >= 15 is 0 Å². The van der Waals surface area contributed by atoms with Crippen LogP contribution in [0.5, 0.6) is 0 Å². The lowest BCUT2D eigenvalue weighted by Gasteiger charge is -2.33. The number of hydrogen-bond donors (Lipinski definition) is 2. The van der Waals surface area contributed by atoms with Crippen molar-refractivity contribution in [1.82, 2.24) is 0 Å². The fraction of sp³-hybridized carbons (Fsp3) is 0.429. The van der Waals surface area contributed by atoms with Gasteiger partial charge in [0.2, 0.25) is 0 Å². The summed E-state index contributed by atoms with van der Waals surface area (Å²) in [7, 11) is -1.43. The summed E-state index contributed by atoms with van der Waals surface area (Å²) in [5.41, 5.74) is 2.75. The molecule has 1 aliphatic rings. The van der Waals surface area contributed by atoms with E-state index in [-0.39, 0.29) is 0 Å². The summed E-state index contributed by atoms with van der Waals surface area (Å²) in [4.78, 5) is 4.06. The smallest absolute Gasteiger partial charge is 0.261 e. The van der Waals surface area contributed by atoms with Crippen LogP contribution >= 0.6 is 0 Å². The lowest BCUT2D eigenvalue weighted by atomic mass is 9.99. The van der Waals surface area contributed by atoms with Gasteiger partial charge in [0.05, 0.1) is 49.5 Å². The van der Waals surface area contributed by atoms with E-state index in [0.29, 0.717) is 16.5 Å². The van der Waals surface area contributed by atoms with Crippen molar-refractivity contribution in [3.63, 3.8) is 0 Å². The molecule has 0 amide bonds.